The molecule has 0 spiro atoms. The average Bonchev–Trinajstić information content (AvgIpc) is 3.31. The molecule has 0 radical (unpaired) electrons. The first-order chi connectivity index (χ1) is 14.0. The lowest BCUT2D eigenvalue weighted by atomic mass is 9.67. The van der Waals surface area contributed by atoms with E-state index in [2.05, 4.69) is 31.1 Å². The van der Waals surface area contributed by atoms with Crippen LogP contribution < -0.4 is 0 Å². The van der Waals surface area contributed by atoms with Crippen molar-refractivity contribution in [2.24, 2.45) is 11.3 Å². The third kappa shape index (κ3) is 6.29. The average molecular weight is 420 g/mol. The predicted octanol–water partition coefficient (Wildman–Crippen LogP) is 5.13. The van der Waals surface area contributed by atoms with E-state index in [1.165, 1.54) is 43.5 Å². The van der Waals surface area contributed by atoms with Crippen molar-refractivity contribution in [2.75, 3.05) is 6.61 Å². The molecule has 2 aliphatic rings. The molecule has 30 heavy (non-hydrogen) atoms. The number of nitrogens with zero attached hydrogens (tertiary/aromatic N) is 3. The summed E-state index contributed by atoms with van der Waals surface area (Å²) >= 11 is 0. The van der Waals surface area contributed by atoms with Gasteiger partial charge >= 0.3 is 5.97 Å². The minimum atomic E-state index is -0.501. The van der Waals surface area contributed by atoms with Gasteiger partial charge in [-0.3, -0.25) is 4.79 Å². The highest BCUT2D eigenvalue weighted by Gasteiger charge is 2.41. The predicted molar refractivity (Wildman–Crippen MR) is 117 cm³/mol. The molecule has 0 amide bonds. The van der Waals surface area contributed by atoms with Gasteiger partial charge in [-0.15, -0.1) is 5.10 Å². The summed E-state index contributed by atoms with van der Waals surface area (Å²) in [6, 6.07) is -0.103. The zero-order chi connectivity index (χ0) is 22.1. The monoisotopic (exact) mass is 419 g/mol. The van der Waals surface area contributed by atoms with E-state index in [1.807, 2.05) is 25.5 Å². The molecule has 1 N–H and O–H groups in total. The zero-order valence-electron chi connectivity index (χ0n) is 19.8. The Morgan fingerprint density at radius 3 is 2.37 bits per heavy atom. The van der Waals surface area contributed by atoms with E-state index in [9.17, 15) is 9.90 Å². The first-order valence-electron chi connectivity index (χ1n) is 11.7. The first-order valence-corrected chi connectivity index (χ1v) is 11.7. The molecule has 0 unspecified atom stereocenters. The highest BCUT2D eigenvalue weighted by molar-refractivity contribution is 5.70. The second-order valence-corrected chi connectivity index (χ2v) is 11.7. The second kappa shape index (κ2) is 8.97. The quantitative estimate of drug-likeness (QED) is 0.561. The van der Waals surface area contributed by atoms with Crippen molar-refractivity contribution < 1.29 is 14.6 Å². The number of hydrogen-bond donors (Lipinski definition) is 1. The van der Waals surface area contributed by atoms with Gasteiger partial charge in [-0.25, -0.2) is 4.68 Å². The van der Waals surface area contributed by atoms with Gasteiger partial charge in [-0.1, -0.05) is 26.0 Å². The molecule has 1 aromatic heterocycles. The van der Waals surface area contributed by atoms with Crippen LogP contribution in [0.25, 0.3) is 0 Å². The lowest BCUT2D eigenvalue weighted by Gasteiger charge is -2.38. The number of aliphatic hydroxyl groups is 1. The highest BCUT2D eigenvalue weighted by Crippen LogP contribution is 2.51. The summed E-state index contributed by atoms with van der Waals surface area (Å²) in [6.45, 7) is 12.7. The van der Waals surface area contributed by atoms with Crippen LogP contribution in [0, 0.1) is 11.3 Å². The van der Waals surface area contributed by atoms with Crippen LogP contribution in [0.4, 0.5) is 0 Å². The van der Waals surface area contributed by atoms with Crippen molar-refractivity contribution in [3.8, 4) is 0 Å². The number of rotatable bonds is 9. The third-order valence-corrected chi connectivity index (χ3v) is 6.11. The number of esters is 1. The Kier molecular flexibility index (Phi) is 6.95. The molecule has 2 aliphatic carbocycles. The molecule has 1 atom stereocenters. The van der Waals surface area contributed by atoms with E-state index >= 15 is 0 Å². The van der Waals surface area contributed by atoms with E-state index in [-0.39, 0.29) is 25.0 Å². The largest absolute Gasteiger partial charge is 0.460 e. The minimum absolute atomic E-state index is 0.103. The Labute approximate surface area is 181 Å². The van der Waals surface area contributed by atoms with Gasteiger partial charge in [0, 0.05) is 18.4 Å². The smallest absolute Gasteiger partial charge is 0.308 e. The Morgan fingerprint density at radius 1 is 1.17 bits per heavy atom. The fraction of sp³-hybridized carbons (Fsp3) is 0.875. The van der Waals surface area contributed by atoms with Crippen molar-refractivity contribution in [3.63, 3.8) is 0 Å². The highest BCUT2D eigenvalue weighted by atomic mass is 16.6. The van der Waals surface area contributed by atoms with Crippen LogP contribution in [-0.2, 0) is 9.53 Å². The number of aromatic nitrogens is 3. The molecule has 0 saturated heterocycles. The first kappa shape index (κ1) is 23.2. The molecule has 0 bridgehead atoms. The Morgan fingerprint density at radius 2 is 1.83 bits per heavy atom. The van der Waals surface area contributed by atoms with Crippen LogP contribution in [0.1, 0.15) is 122 Å². The molecule has 0 aliphatic heterocycles. The molecule has 2 fully saturated rings. The number of hydrogen-bond acceptors (Lipinski definition) is 5. The van der Waals surface area contributed by atoms with Gasteiger partial charge in [-0.2, -0.15) is 0 Å². The van der Waals surface area contributed by atoms with E-state index in [0.717, 1.165) is 5.92 Å². The Hall–Kier alpha value is -1.43. The summed E-state index contributed by atoms with van der Waals surface area (Å²) in [5.41, 5.74) is 2.29. The minimum Gasteiger partial charge on any atom is -0.460 e. The summed E-state index contributed by atoms with van der Waals surface area (Å²) in [6.07, 6.45) is 7.63. The van der Waals surface area contributed by atoms with Crippen LogP contribution in [0.2, 0.25) is 0 Å². The topological polar surface area (TPSA) is 77.2 Å². The zero-order valence-corrected chi connectivity index (χ0v) is 19.8. The van der Waals surface area contributed by atoms with Crippen molar-refractivity contribution in [3.05, 3.63) is 11.4 Å². The van der Waals surface area contributed by atoms with Crippen LogP contribution in [0.15, 0.2) is 0 Å². The summed E-state index contributed by atoms with van der Waals surface area (Å²) < 4.78 is 7.59. The molecule has 6 heteroatoms. The molecule has 1 aromatic rings. The molecule has 1 heterocycles. The van der Waals surface area contributed by atoms with Gasteiger partial charge < -0.3 is 9.84 Å². The summed E-state index contributed by atoms with van der Waals surface area (Å²) in [7, 11) is 0. The SMILES string of the molecule is CC(C)(C)C[C@H]1C[C@@H](c2nnn([C@@H](CCCO)CC(=O)OC(C)(C)C)c2C2CC2)C1. The summed E-state index contributed by atoms with van der Waals surface area (Å²) in [5.74, 6) is 1.59. The number of carbonyl (C=O) groups is 1. The third-order valence-electron chi connectivity index (χ3n) is 6.11. The van der Waals surface area contributed by atoms with Crippen LogP contribution in [0.5, 0.6) is 0 Å². The molecular formula is C24H41N3O3. The lowest BCUT2D eigenvalue weighted by molar-refractivity contribution is -0.155. The van der Waals surface area contributed by atoms with E-state index < -0.39 is 5.60 Å². The van der Waals surface area contributed by atoms with Gasteiger partial charge in [0.25, 0.3) is 0 Å². The van der Waals surface area contributed by atoms with Gasteiger partial charge in [0.2, 0.25) is 0 Å². The standard InChI is InChI=1S/C24H41N3O3/c1-23(2,3)15-16-12-18(13-16)21-22(17-9-10-17)27(26-25-21)19(8-7-11-28)14-20(29)30-24(4,5)6/h16-19,28H,7-15H2,1-6H3/t16-,18+,19-/m0/s1. The number of aliphatic hydroxyl groups excluding tert-OH is 1. The lowest BCUT2D eigenvalue weighted by Crippen LogP contribution is -2.28. The second-order valence-electron chi connectivity index (χ2n) is 11.7. The fourth-order valence-corrected chi connectivity index (χ4v) is 4.83. The maximum absolute atomic E-state index is 12.5. The Bertz CT molecular complexity index is 719. The van der Waals surface area contributed by atoms with Gasteiger partial charge in [0.1, 0.15) is 5.60 Å². The Balaban J connectivity index is 1.75. The molecule has 170 valence electrons. The molecule has 3 rings (SSSR count). The molecule has 6 nitrogen and oxygen atoms in total. The molecule has 0 aromatic carbocycles. The molecule has 2 saturated carbocycles. The van der Waals surface area contributed by atoms with E-state index in [1.54, 1.807) is 0 Å². The maximum atomic E-state index is 12.5. The number of carbonyl (C=O) groups excluding carboxylic acids is 1. The summed E-state index contributed by atoms with van der Waals surface area (Å²) in [5, 5.41) is 18.6. The van der Waals surface area contributed by atoms with Crippen molar-refractivity contribution in [2.45, 2.75) is 116 Å². The normalized spacial score (nSPS) is 23.2. The molecular weight excluding hydrogens is 378 g/mol. The van der Waals surface area contributed by atoms with Crippen LogP contribution in [-0.4, -0.2) is 38.3 Å². The number of ether oxygens (including phenoxy) is 1. The van der Waals surface area contributed by atoms with Crippen molar-refractivity contribution >= 4 is 5.97 Å². The van der Waals surface area contributed by atoms with Crippen molar-refractivity contribution in [1.82, 2.24) is 15.0 Å². The van der Waals surface area contributed by atoms with Gasteiger partial charge in [-0.05, 0) is 77.0 Å². The van der Waals surface area contributed by atoms with Crippen molar-refractivity contribution in [1.29, 1.82) is 0 Å². The maximum Gasteiger partial charge on any atom is 0.308 e. The fourth-order valence-electron chi connectivity index (χ4n) is 4.83. The van der Waals surface area contributed by atoms with Gasteiger partial charge in [0.05, 0.1) is 23.9 Å². The van der Waals surface area contributed by atoms with Crippen LogP contribution in [0.3, 0.4) is 0 Å². The summed E-state index contributed by atoms with van der Waals surface area (Å²) in [4.78, 5) is 12.5. The van der Waals surface area contributed by atoms with Gasteiger partial charge in [0.15, 0.2) is 0 Å². The van der Waals surface area contributed by atoms with E-state index in [4.69, 9.17) is 4.74 Å². The van der Waals surface area contributed by atoms with E-state index in [0.29, 0.717) is 30.1 Å². The van der Waals surface area contributed by atoms with Crippen LogP contribution >= 0.6 is 0 Å².